The van der Waals surface area contributed by atoms with Gasteiger partial charge in [0.25, 0.3) is 0 Å². The lowest BCUT2D eigenvalue weighted by Crippen LogP contribution is -2.04. The van der Waals surface area contributed by atoms with Gasteiger partial charge in [-0.05, 0) is 29.9 Å². The first kappa shape index (κ1) is 12.8. The first-order chi connectivity index (χ1) is 9.79. The van der Waals surface area contributed by atoms with Crippen LogP contribution in [0.3, 0.4) is 0 Å². The second-order valence-corrected chi connectivity index (χ2v) is 5.46. The SMILES string of the molecule is N#Cc1c(-c2ccc(C3CCCCC3)cc2)coc1N. The van der Waals surface area contributed by atoms with Crippen molar-refractivity contribution in [2.75, 3.05) is 5.73 Å². The van der Waals surface area contributed by atoms with Crippen molar-refractivity contribution in [1.82, 2.24) is 0 Å². The van der Waals surface area contributed by atoms with Gasteiger partial charge in [0.1, 0.15) is 17.9 Å². The molecule has 0 radical (unpaired) electrons. The zero-order chi connectivity index (χ0) is 13.9. The van der Waals surface area contributed by atoms with Crippen LogP contribution in [0.2, 0.25) is 0 Å². The summed E-state index contributed by atoms with van der Waals surface area (Å²) in [7, 11) is 0. The van der Waals surface area contributed by atoms with Crippen LogP contribution in [0.15, 0.2) is 34.9 Å². The molecule has 0 spiro atoms. The van der Waals surface area contributed by atoms with E-state index in [1.54, 1.807) is 6.26 Å². The standard InChI is InChI=1S/C17H18N2O/c18-10-15-16(11-20-17(15)19)14-8-6-13(7-9-14)12-4-2-1-3-5-12/h6-9,11-12H,1-5,19H2. The number of nitrogen functional groups attached to an aromatic ring is 1. The van der Waals surface area contributed by atoms with Crippen LogP contribution in [0.5, 0.6) is 0 Å². The van der Waals surface area contributed by atoms with Crippen LogP contribution < -0.4 is 5.73 Å². The molecule has 2 N–H and O–H groups in total. The fourth-order valence-corrected chi connectivity index (χ4v) is 3.07. The molecule has 1 aliphatic rings. The van der Waals surface area contributed by atoms with Gasteiger partial charge < -0.3 is 10.2 Å². The van der Waals surface area contributed by atoms with E-state index in [0.717, 1.165) is 11.1 Å². The minimum atomic E-state index is 0.193. The monoisotopic (exact) mass is 266 g/mol. The zero-order valence-corrected chi connectivity index (χ0v) is 11.4. The molecular formula is C17H18N2O. The number of nitrogens with zero attached hydrogens (tertiary/aromatic N) is 1. The lowest BCUT2D eigenvalue weighted by Gasteiger charge is -2.22. The molecule has 0 saturated heterocycles. The van der Waals surface area contributed by atoms with Gasteiger partial charge in [-0.3, -0.25) is 0 Å². The number of nitrogens with two attached hydrogens (primary N) is 1. The van der Waals surface area contributed by atoms with Crippen molar-refractivity contribution >= 4 is 5.88 Å². The summed E-state index contributed by atoms with van der Waals surface area (Å²) in [6.07, 6.45) is 8.19. The molecule has 0 aliphatic heterocycles. The Balaban J connectivity index is 1.87. The maximum Gasteiger partial charge on any atom is 0.208 e. The third-order valence-electron chi connectivity index (χ3n) is 4.23. The van der Waals surface area contributed by atoms with Crippen LogP contribution in [-0.4, -0.2) is 0 Å². The lowest BCUT2D eigenvalue weighted by molar-refractivity contribution is 0.443. The highest BCUT2D eigenvalue weighted by molar-refractivity contribution is 5.74. The largest absolute Gasteiger partial charge is 0.447 e. The smallest absolute Gasteiger partial charge is 0.208 e. The predicted octanol–water partition coefficient (Wildman–Crippen LogP) is 4.45. The van der Waals surface area contributed by atoms with Gasteiger partial charge in [0.15, 0.2) is 0 Å². The highest BCUT2D eigenvalue weighted by Gasteiger charge is 2.16. The molecule has 102 valence electrons. The minimum Gasteiger partial charge on any atom is -0.447 e. The van der Waals surface area contributed by atoms with Crippen LogP contribution >= 0.6 is 0 Å². The number of furan rings is 1. The van der Waals surface area contributed by atoms with Crippen molar-refractivity contribution < 1.29 is 4.42 Å². The van der Waals surface area contributed by atoms with Crippen molar-refractivity contribution in [3.05, 3.63) is 41.7 Å². The van der Waals surface area contributed by atoms with Crippen LogP contribution in [0.25, 0.3) is 11.1 Å². The molecule has 1 aromatic carbocycles. The Kier molecular flexibility index (Phi) is 3.47. The molecule has 3 nitrogen and oxygen atoms in total. The summed E-state index contributed by atoms with van der Waals surface area (Å²) in [6.45, 7) is 0. The van der Waals surface area contributed by atoms with E-state index in [1.807, 2.05) is 0 Å². The van der Waals surface area contributed by atoms with Crippen molar-refractivity contribution in [3.63, 3.8) is 0 Å². The van der Waals surface area contributed by atoms with Gasteiger partial charge in [0, 0.05) is 5.56 Å². The Morgan fingerprint density at radius 3 is 2.45 bits per heavy atom. The average molecular weight is 266 g/mol. The molecule has 20 heavy (non-hydrogen) atoms. The Morgan fingerprint density at radius 2 is 1.80 bits per heavy atom. The predicted molar refractivity (Wildman–Crippen MR) is 79.1 cm³/mol. The van der Waals surface area contributed by atoms with Crippen molar-refractivity contribution in [2.45, 2.75) is 38.0 Å². The molecule has 3 heteroatoms. The molecule has 0 bridgehead atoms. The van der Waals surface area contributed by atoms with Crippen LogP contribution in [0, 0.1) is 11.3 Å². The van der Waals surface area contributed by atoms with Gasteiger partial charge >= 0.3 is 0 Å². The van der Waals surface area contributed by atoms with E-state index in [2.05, 4.69) is 30.3 Å². The molecule has 1 aliphatic carbocycles. The maximum absolute atomic E-state index is 9.12. The Hall–Kier alpha value is -2.21. The molecule has 0 unspecified atom stereocenters. The molecule has 1 aromatic heterocycles. The number of anilines is 1. The number of hydrogen-bond donors (Lipinski definition) is 1. The lowest BCUT2D eigenvalue weighted by atomic mass is 9.83. The van der Waals surface area contributed by atoms with Gasteiger partial charge in [-0.1, -0.05) is 43.5 Å². The fraction of sp³-hybridized carbons (Fsp3) is 0.353. The number of benzene rings is 1. The van der Waals surface area contributed by atoms with Crippen LogP contribution in [-0.2, 0) is 0 Å². The molecule has 3 rings (SSSR count). The highest BCUT2D eigenvalue weighted by atomic mass is 16.3. The Bertz CT molecular complexity index is 628. The zero-order valence-electron chi connectivity index (χ0n) is 11.4. The van der Waals surface area contributed by atoms with E-state index >= 15 is 0 Å². The first-order valence-electron chi connectivity index (χ1n) is 7.17. The quantitative estimate of drug-likeness (QED) is 0.873. The van der Waals surface area contributed by atoms with E-state index in [9.17, 15) is 0 Å². The van der Waals surface area contributed by atoms with Gasteiger partial charge in [-0.2, -0.15) is 5.26 Å². The number of hydrogen-bond acceptors (Lipinski definition) is 3. The van der Waals surface area contributed by atoms with Crippen molar-refractivity contribution in [3.8, 4) is 17.2 Å². The Labute approximate surface area is 119 Å². The van der Waals surface area contributed by atoms with Gasteiger partial charge in [0.2, 0.25) is 5.88 Å². The van der Waals surface area contributed by atoms with Crippen molar-refractivity contribution in [1.29, 1.82) is 5.26 Å². The van der Waals surface area contributed by atoms with Gasteiger partial charge in [0.05, 0.1) is 0 Å². The third-order valence-corrected chi connectivity index (χ3v) is 4.23. The maximum atomic E-state index is 9.12. The van der Waals surface area contributed by atoms with E-state index in [4.69, 9.17) is 15.4 Å². The van der Waals surface area contributed by atoms with Crippen LogP contribution in [0.4, 0.5) is 5.88 Å². The highest BCUT2D eigenvalue weighted by Crippen LogP contribution is 2.34. The molecular weight excluding hydrogens is 248 g/mol. The summed E-state index contributed by atoms with van der Waals surface area (Å²) in [5.41, 5.74) is 9.24. The molecule has 0 atom stereocenters. The number of rotatable bonds is 2. The van der Waals surface area contributed by atoms with Crippen LogP contribution in [0.1, 0.15) is 49.1 Å². The second kappa shape index (κ2) is 5.42. The first-order valence-corrected chi connectivity index (χ1v) is 7.17. The van der Waals surface area contributed by atoms with Crippen molar-refractivity contribution in [2.24, 2.45) is 0 Å². The summed E-state index contributed by atoms with van der Waals surface area (Å²) in [4.78, 5) is 0. The van der Waals surface area contributed by atoms with Gasteiger partial charge in [-0.25, -0.2) is 0 Å². The normalized spacial score (nSPS) is 15.9. The number of nitriles is 1. The summed E-state index contributed by atoms with van der Waals surface area (Å²) in [6, 6.07) is 10.6. The molecule has 0 amide bonds. The molecule has 1 saturated carbocycles. The summed E-state index contributed by atoms with van der Waals surface area (Å²) < 4.78 is 5.14. The molecule has 2 aromatic rings. The minimum absolute atomic E-state index is 0.193. The summed E-state index contributed by atoms with van der Waals surface area (Å²) in [5.74, 6) is 0.890. The third kappa shape index (κ3) is 2.30. The molecule has 1 heterocycles. The van der Waals surface area contributed by atoms with E-state index < -0.39 is 0 Å². The fourth-order valence-electron chi connectivity index (χ4n) is 3.07. The topological polar surface area (TPSA) is 63.0 Å². The average Bonchev–Trinajstić information content (AvgIpc) is 2.89. The molecule has 1 fully saturated rings. The summed E-state index contributed by atoms with van der Waals surface area (Å²) in [5, 5.41) is 9.12. The Morgan fingerprint density at radius 1 is 1.10 bits per heavy atom. The second-order valence-electron chi connectivity index (χ2n) is 5.46. The van der Waals surface area contributed by atoms with E-state index in [0.29, 0.717) is 11.5 Å². The van der Waals surface area contributed by atoms with Gasteiger partial charge in [-0.15, -0.1) is 0 Å². The van der Waals surface area contributed by atoms with E-state index in [-0.39, 0.29) is 5.88 Å². The summed E-state index contributed by atoms with van der Waals surface area (Å²) >= 11 is 0. The van der Waals surface area contributed by atoms with E-state index in [1.165, 1.54) is 37.7 Å².